The number of halogens is 1. The standard InChI is InChI=1S/C14H20FN3O/c1-10-4-5-11(8-12(10)15)14(2)9-17-13(16)18(14)6-7-19-3/h4-5,8H,6-7,9H2,1-3H3,(H2,16,17). The maximum absolute atomic E-state index is 13.8. The van der Waals surface area contributed by atoms with Gasteiger partial charge in [-0.2, -0.15) is 0 Å². The summed E-state index contributed by atoms with van der Waals surface area (Å²) in [5.74, 6) is 0.288. The molecule has 1 aliphatic heterocycles. The van der Waals surface area contributed by atoms with Gasteiger partial charge in [0.2, 0.25) is 0 Å². The number of aliphatic imine (C=N–C) groups is 1. The summed E-state index contributed by atoms with van der Waals surface area (Å²) in [6, 6.07) is 5.30. The van der Waals surface area contributed by atoms with Crippen LogP contribution < -0.4 is 5.73 Å². The molecule has 1 heterocycles. The molecule has 0 saturated heterocycles. The van der Waals surface area contributed by atoms with Crippen molar-refractivity contribution in [3.05, 3.63) is 35.1 Å². The van der Waals surface area contributed by atoms with Gasteiger partial charge >= 0.3 is 0 Å². The molecule has 5 heteroatoms. The lowest BCUT2D eigenvalue weighted by molar-refractivity contribution is 0.137. The Balaban J connectivity index is 2.32. The first-order chi connectivity index (χ1) is 8.99. The number of nitrogens with two attached hydrogens (primary N) is 1. The van der Waals surface area contributed by atoms with Crippen molar-refractivity contribution < 1.29 is 9.13 Å². The minimum Gasteiger partial charge on any atom is -0.383 e. The molecular formula is C14H20FN3O. The van der Waals surface area contributed by atoms with Gasteiger partial charge in [-0.05, 0) is 31.0 Å². The molecule has 1 aromatic carbocycles. The Hall–Kier alpha value is -1.62. The molecule has 19 heavy (non-hydrogen) atoms. The lowest BCUT2D eigenvalue weighted by Gasteiger charge is -2.36. The monoisotopic (exact) mass is 265 g/mol. The summed E-state index contributed by atoms with van der Waals surface area (Å²) in [6.45, 7) is 5.50. The van der Waals surface area contributed by atoms with Gasteiger partial charge in [0.25, 0.3) is 0 Å². The van der Waals surface area contributed by atoms with E-state index in [4.69, 9.17) is 10.5 Å². The van der Waals surface area contributed by atoms with E-state index in [1.165, 1.54) is 0 Å². The van der Waals surface area contributed by atoms with Crippen LogP contribution in [0, 0.1) is 12.7 Å². The highest BCUT2D eigenvalue weighted by Crippen LogP contribution is 2.33. The summed E-state index contributed by atoms with van der Waals surface area (Å²) in [5, 5.41) is 0. The molecule has 0 aromatic heterocycles. The zero-order valence-corrected chi connectivity index (χ0v) is 11.6. The number of nitrogens with zero attached hydrogens (tertiary/aromatic N) is 2. The van der Waals surface area contributed by atoms with E-state index in [9.17, 15) is 4.39 Å². The minimum atomic E-state index is -0.406. The molecule has 0 spiro atoms. The van der Waals surface area contributed by atoms with E-state index < -0.39 is 5.54 Å². The first-order valence-electron chi connectivity index (χ1n) is 6.32. The van der Waals surface area contributed by atoms with Crippen molar-refractivity contribution in [2.75, 3.05) is 26.8 Å². The van der Waals surface area contributed by atoms with Gasteiger partial charge in [-0.3, -0.25) is 4.99 Å². The van der Waals surface area contributed by atoms with Crippen LogP contribution in [0.1, 0.15) is 18.1 Å². The number of hydrogen-bond acceptors (Lipinski definition) is 4. The predicted molar refractivity (Wildman–Crippen MR) is 73.6 cm³/mol. The number of methoxy groups -OCH3 is 1. The number of benzene rings is 1. The Morgan fingerprint density at radius 3 is 2.89 bits per heavy atom. The van der Waals surface area contributed by atoms with Crippen LogP contribution in [0.15, 0.2) is 23.2 Å². The first-order valence-corrected chi connectivity index (χ1v) is 6.32. The second-order valence-corrected chi connectivity index (χ2v) is 5.06. The van der Waals surface area contributed by atoms with Crippen molar-refractivity contribution in [3.63, 3.8) is 0 Å². The van der Waals surface area contributed by atoms with Crippen molar-refractivity contribution in [2.45, 2.75) is 19.4 Å². The first kappa shape index (κ1) is 13.8. The smallest absolute Gasteiger partial charge is 0.192 e. The minimum absolute atomic E-state index is 0.198. The maximum atomic E-state index is 13.8. The van der Waals surface area contributed by atoms with Gasteiger partial charge in [0.1, 0.15) is 5.82 Å². The second kappa shape index (κ2) is 5.17. The van der Waals surface area contributed by atoms with E-state index in [0.29, 0.717) is 31.2 Å². The highest BCUT2D eigenvalue weighted by Gasteiger charge is 2.39. The largest absolute Gasteiger partial charge is 0.383 e. The second-order valence-electron chi connectivity index (χ2n) is 5.06. The highest BCUT2D eigenvalue weighted by atomic mass is 19.1. The molecule has 0 aliphatic carbocycles. The number of guanidine groups is 1. The van der Waals surface area contributed by atoms with Gasteiger partial charge in [-0.15, -0.1) is 0 Å². The Morgan fingerprint density at radius 2 is 2.26 bits per heavy atom. The van der Waals surface area contributed by atoms with Crippen LogP contribution in [0.2, 0.25) is 0 Å². The fourth-order valence-electron chi connectivity index (χ4n) is 2.38. The summed E-state index contributed by atoms with van der Waals surface area (Å²) in [7, 11) is 1.65. The molecule has 0 radical (unpaired) electrons. The Morgan fingerprint density at radius 1 is 1.53 bits per heavy atom. The third-order valence-corrected chi connectivity index (χ3v) is 3.73. The molecule has 0 saturated carbocycles. The van der Waals surface area contributed by atoms with Gasteiger partial charge in [0, 0.05) is 13.7 Å². The quantitative estimate of drug-likeness (QED) is 0.900. The normalized spacial score (nSPS) is 22.7. The molecule has 1 atom stereocenters. The zero-order valence-electron chi connectivity index (χ0n) is 11.6. The van der Waals surface area contributed by atoms with Crippen LogP contribution in [0.5, 0.6) is 0 Å². The van der Waals surface area contributed by atoms with E-state index in [0.717, 1.165) is 5.56 Å². The van der Waals surface area contributed by atoms with E-state index in [2.05, 4.69) is 4.99 Å². The molecule has 2 rings (SSSR count). The van der Waals surface area contributed by atoms with Crippen molar-refractivity contribution in [1.82, 2.24) is 4.90 Å². The van der Waals surface area contributed by atoms with E-state index >= 15 is 0 Å². The third-order valence-electron chi connectivity index (χ3n) is 3.73. The lowest BCUT2D eigenvalue weighted by atomic mass is 9.90. The topological polar surface area (TPSA) is 50.9 Å². The van der Waals surface area contributed by atoms with Crippen LogP contribution >= 0.6 is 0 Å². The molecule has 1 unspecified atom stereocenters. The molecular weight excluding hydrogens is 245 g/mol. The summed E-state index contributed by atoms with van der Waals surface area (Å²) in [6.07, 6.45) is 0. The van der Waals surface area contributed by atoms with Gasteiger partial charge in [0.15, 0.2) is 5.96 Å². The van der Waals surface area contributed by atoms with Crippen molar-refractivity contribution in [1.29, 1.82) is 0 Å². The number of aryl methyl sites for hydroxylation is 1. The summed E-state index contributed by atoms with van der Waals surface area (Å²) in [5.41, 5.74) is 7.05. The van der Waals surface area contributed by atoms with Crippen LogP contribution in [0.4, 0.5) is 4.39 Å². The van der Waals surface area contributed by atoms with Crippen molar-refractivity contribution >= 4 is 5.96 Å². The average molecular weight is 265 g/mol. The maximum Gasteiger partial charge on any atom is 0.192 e. The fraction of sp³-hybridized carbons (Fsp3) is 0.500. The molecule has 0 fully saturated rings. The van der Waals surface area contributed by atoms with Gasteiger partial charge in [-0.25, -0.2) is 4.39 Å². The van der Waals surface area contributed by atoms with Gasteiger partial charge in [-0.1, -0.05) is 12.1 Å². The molecule has 0 bridgehead atoms. The average Bonchev–Trinajstić information content (AvgIpc) is 2.67. The van der Waals surface area contributed by atoms with Crippen LogP contribution in [-0.4, -0.2) is 37.7 Å². The van der Waals surface area contributed by atoms with Gasteiger partial charge < -0.3 is 15.4 Å². The molecule has 1 aromatic rings. The van der Waals surface area contributed by atoms with E-state index in [1.54, 1.807) is 26.2 Å². The van der Waals surface area contributed by atoms with Crippen LogP contribution in [0.3, 0.4) is 0 Å². The van der Waals surface area contributed by atoms with E-state index in [-0.39, 0.29) is 5.82 Å². The molecule has 0 amide bonds. The fourth-order valence-corrected chi connectivity index (χ4v) is 2.38. The molecule has 104 valence electrons. The molecule has 1 aliphatic rings. The highest BCUT2D eigenvalue weighted by molar-refractivity contribution is 5.81. The zero-order chi connectivity index (χ0) is 14.0. The van der Waals surface area contributed by atoms with Crippen LogP contribution in [0.25, 0.3) is 0 Å². The Kier molecular flexibility index (Phi) is 3.75. The van der Waals surface area contributed by atoms with Crippen molar-refractivity contribution in [2.24, 2.45) is 10.7 Å². The third kappa shape index (κ3) is 2.42. The SMILES string of the molecule is COCCN1C(N)=NCC1(C)c1ccc(C)c(F)c1. The number of hydrogen-bond donors (Lipinski definition) is 1. The summed E-state index contributed by atoms with van der Waals surface area (Å²) < 4.78 is 18.9. The summed E-state index contributed by atoms with van der Waals surface area (Å²) in [4.78, 5) is 6.27. The molecule has 2 N–H and O–H groups in total. The lowest BCUT2D eigenvalue weighted by Crippen LogP contribution is -2.48. The summed E-state index contributed by atoms with van der Waals surface area (Å²) >= 11 is 0. The Bertz CT molecular complexity index is 503. The van der Waals surface area contributed by atoms with Crippen molar-refractivity contribution in [3.8, 4) is 0 Å². The predicted octanol–water partition coefficient (Wildman–Crippen LogP) is 1.63. The van der Waals surface area contributed by atoms with E-state index in [1.807, 2.05) is 17.9 Å². The van der Waals surface area contributed by atoms with Crippen LogP contribution in [-0.2, 0) is 10.3 Å². The Labute approximate surface area is 113 Å². The number of rotatable bonds is 4. The van der Waals surface area contributed by atoms with Gasteiger partial charge in [0.05, 0.1) is 18.7 Å². The molecule has 4 nitrogen and oxygen atoms in total. The number of ether oxygens (including phenoxy) is 1.